The van der Waals surface area contributed by atoms with Crippen molar-refractivity contribution in [2.45, 2.75) is 5.03 Å². The van der Waals surface area contributed by atoms with Gasteiger partial charge in [0.2, 0.25) is 11.7 Å². The SMILES string of the molecule is CSc1nc(N)nc(-c2ccc(C(=O)O)o2)c1C#N. The normalized spacial score (nSPS) is 10.1. The molecule has 7 nitrogen and oxygen atoms in total. The van der Waals surface area contributed by atoms with E-state index in [1.165, 1.54) is 23.9 Å². The molecule has 0 fully saturated rings. The van der Waals surface area contributed by atoms with Crippen molar-refractivity contribution < 1.29 is 14.3 Å². The van der Waals surface area contributed by atoms with Crippen LogP contribution in [0.2, 0.25) is 0 Å². The van der Waals surface area contributed by atoms with Crippen LogP contribution in [0.4, 0.5) is 5.95 Å². The monoisotopic (exact) mass is 276 g/mol. The summed E-state index contributed by atoms with van der Waals surface area (Å²) in [6, 6.07) is 4.68. The molecule has 8 heteroatoms. The highest BCUT2D eigenvalue weighted by Gasteiger charge is 2.19. The Hall–Kier alpha value is -2.53. The van der Waals surface area contributed by atoms with Crippen molar-refractivity contribution in [3.63, 3.8) is 0 Å². The van der Waals surface area contributed by atoms with Crippen LogP contribution in [0.5, 0.6) is 0 Å². The van der Waals surface area contributed by atoms with E-state index in [0.717, 1.165) is 0 Å². The molecule has 2 aromatic heterocycles. The van der Waals surface area contributed by atoms with E-state index in [1.54, 1.807) is 6.26 Å². The molecule has 0 bridgehead atoms. The fourth-order valence-electron chi connectivity index (χ4n) is 1.46. The van der Waals surface area contributed by atoms with Gasteiger partial charge in [-0.2, -0.15) is 5.26 Å². The minimum Gasteiger partial charge on any atom is -0.475 e. The number of hydrogen-bond acceptors (Lipinski definition) is 7. The fourth-order valence-corrected chi connectivity index (χ4v) is 1.99. The molecule has 0 saturated carbocycles. The second-order valence-electron chi connectivity index (χ2n) is 3.40. The number of aromatic nitrogens is 2. The zero-order valence-electron chi connectivity index (χ0n) is 9.75. The largest absolute Gasteiger partial charge is 0.475 e. The van der Waals surface area contributed by atoms with Crippen LogP contribution in [0.25, 0.3) is 11.5 Å². The first-order chi connectivity index (χ1) is 9.06. The van der Waals surface area contributed by atoms with Gasteiger partial charge in [0.1, 0.15) is 22.4 Å². The number of thioether (sulfide) groups is 1. The Morgan fingerprint density at radius 2 is 2.26 bits per heavy atom. The van der Waals surface area contributed by atoms with Gasteiger partial charge in [0, 0.05) is 0 Å². The summed E-state index contributed by atoms with van der Waals surface area (Å²) >= 11 is 1.24. The highest BCUT2D eigenvalue weighted by atomic mass is 32.2. The molecule has 0 aliphatic heterocycles. The van der Waals surface area contributed by atoms with E-state index in [0.29, 0.717) is 5.03 Å². The van der Waals surface area contributed by atoms with E-state index in [9.17, 15) is 4.79 Å². The van der Waals surface area contributed by atoms with Gasteiger partial charge in [-0.05, 0) is 18.4 Å². The summed E-state index contributed by atoms with van der Waals surface area (Å²) in [6.45, 7) is 0. The number of aromatic carboxylic acids is 1. The molecule has 0 amide bonds. The van der Waals surface area contributed by atoms with Crippen LogP contribution >= 0.6 is 11.8 Å². The van der Waals surface area contributed by atoms with Crippen molar-refractivity contribution in [1.82, 2.24) is 9.97 Å². The number of nitrogens with zero attached hydrogens (tertiary/aromatic N) is 3. The van der Waals surface area contributed by atoms with Crippen molar-refractivity contribution in [3.05, 3.63) is 23.5 Å². The number of hydrogen-bond donors (Lipinski definition) is 2. The van der Waals surface area contributed by atoms with Gasteiger partial charge in [0.25, 0.3) is 0 Å². The zero-order chi connectivity index (χ0) is 14.0. The van der Waals surface area contributed by atoms with Gasteiger partial charge in [0.15, 0.2) is 5.76 Å². The standard InChI is InChI=1S/C11H8N4O3S/c1-19-9-5(4-12)8(14-11(13)15-9)6-2-3-7(18-6)10(16)17/h2-3H,1H3,(H,16,17)(H2,13,14,15). The number of rotatable bonds is 3. The van der Waals surface area contributed by atoms with Gasteiger partial charge in [-0.15, -0.1) is 11.8 Å². The lowest BCUT2D eigenvalue weighted by atomic mass is 10.2. The van der Waals surface area contributed by atoms with E-state index < -0.39 is 5.97 Å². The summed E-state index contributed by atoms with van der Waals surface area (Å²) in [6.07, 6.45) is 1.75. The second kappa shape index (κ2) is 4.99. The van der Waals surface area contributed by atoms with Crippen LogP contribution in [0.1, 0.15) is 16.1 Å². The van der Waals surface area contributed by atoms with Crippen molar-refractivity contribution in [2.24, 2.45) is 0 Å². The number of carboxylic acid groups (broad SMARTS) is 1. The summed E-state index contributed by atoms with van der Waals surface area (Å²) in [5.41, 5.74) is 5.95. The summed E-state index contributed by atoms with van der Waals surface area (Å²) in [5.74, 6) is -1.27. The van der Waals surface area contributed by atoms with Crippen molar-refractivity contribution in [1.29, 1.82) is 5.26 Å². The Labute approximate surface area is 112 Å². The second-order valence-corrected chi connectivity index (χ2v) is 4.19. The predicted molar refractivity (Wildman–Crippen MR) is 67.6 cm³/mol. The topological polar surface area (TPSA) is 126 Å². The molecule has 0 aliphatic carbocycles. The van der Waals surface area contributed by atoms with Gasteiger partial charge in [0.05, 0.1) is 0 Å². The first-order valence-corrected chi connectivity index (χ1v) is 6.24. The summed E-state index contributed by atoms with van der Waals surface area (Å²) in [7, 11) is 0. The highest BCUT2D eigenvalue weighted by Crippen LogP contribution is 2.29. The fraction of sp³-hybridized carbons (Fsp3) is 0.0909. The predicted octanol–water partition coefficient (Wildman–Crippen LogP) is 1.61. The number of nitrogen functional groups attached to an aromatic ring is 1. The van der Waals surface area contributed by atoms with Crippen LogP contribution < -0.4 is 5.73 Å². The maximum atomic E-state index is 10.8. The molecule has 0 spiro atoms. The average Bonchev–Trinajstić information content (AvgIpc) is 2.87. The Bertz CT molecular complexity index is 690. The van der Waals surface area contributed by atoms with E-state index in [-0.39, 0.29) is 28.7 Å². The Morgan fingerprint density at radius 3 is 2.79 bits per heavy atom. The molecule has 2 heterocycles. The number of anilines is 1. The third-order valence-corrected chi connectivity index (χ3v) is 2.93. The Kier molecular flexibility index (Phi) is 3.39. The lowest BCUT2D eigenvalue weighted by molar-refractivity contribution is 0.0663. The van der Waals surface area contributed by atoms with Crippen LogP contribution in [-0.4, -0.2) is 27.3 Å². The minimum absolute atomic E-state index is 0.00775. The number of nitrogens with two attached hydrogens (primary N) is 1. The molecule has 0 unspecified atom stereocenters. The van der Waals surface area contributed by atoms with Crippen molar-refractivity contribution in [2.75, 3.05) is 12.0 Å². The van der Waals surface area contributed by atoms with Crippen LogP contribution in [0, 0.1) is 11.3 Å². The highest BCUT2D eigenvalue weighted by molar-refractivity contribution is 7.98. The molecule has 0 aliphatic rings. The number of nitriles is 1. The molecule has 0 radical (unpaired) electrons. The van der Waals surface area contributed by atoms with Gasteiger partial charge in [-0.25, -0.2) is 14.8 Å². The molecule has 0 aromatic carbocycles. The van der Waals surface area contributed by atoms with Gasteiger partial charge in [-0.1, -0.05) is 0 Å². The van der Waals surface area contributed by atoms with Crippen molar-refractivity contribution >= 4 is 23.7 Å². The molecule has 0 saturated heterocycles. The maximum Gasteiger partial charge on any atom is 0.371 e. The number of carboxylic acids is 1. The van der Waals surface area contributed by atoms with E-state index in [2.05, 4.69) is 9.97 Å². The van der Waals surface area contributed by atoms with Gasteiger partial charge >= 0.3 is 5.97 Å². The van der Waals surface area contributed by atoms with Crippen LogP contribution in [-0.2, 0) is 0 Å². The minimum atomic E-state index is -1.20. The maximum absolute atomic E-state index is 10.8. The van der Waals surface area contributed by atoms with E-state index >= 15 is 0 Å². The number of carbonyl (C=O) groups is 1. The van der Waals surface area contributed by atoms with Crippen molar-refractivity contribution in [3.8, 4) is 17.5 Å². The summed E-state index contributed by atoms with van der Waals surface area (Å²) < 4.78 is 5.12. The third kappa shape index (κ3) is 2.36. The molecule has 19 heavy (non-hydrogen) atoms. The number of furan rings is 1. The summed E-state index contributed by atoms with van der Waals surface area (Å²) in [5, 5.41) is 18.4. The molecule has 2 aromatic rings. The first-order valence-electron chi connectivity index (χ1n) is 5.02. The Balaban J connectivity index is 2.63. The molecular formula is C11H8N4O3S. The molecule has 96 valence electrons. The average molecular weight is 276 g/mol. The van der Waals surface area contributed by atoms with Gasteiger partial charge in [-0.3, -0.25) is 0 Å². The van der Waals surface area contributed by atoms with Gasteiger partial charge < -0.3 is 15.3 Å². The van der Waals surface area contributed by atoms with E-state index in [1.807, 2.05) is 6.07 Å². The quantitative estimate of drug-likeness (QED) is 0.639. The molecule has 2 rings (SSSR count). The third-order valence-electron chi connectivity index (χ3n) is 2.25. The lowest BCUT2D eigenvalue weighted by Gasteiger charge is -2.05. The lowest BCUT2D eigenvalue weighted by Crippen LogP contribution is -2.01. The summed E-state index contributed by atoms with van der Waals surface area (Å²) in [4.78, 5) is 18.6. The molecule has 3 N–H and O–H groups in total. The Morgan fingerprint density at radius 1 is 1.53 bits per heavy atom. The van der Waals surface area contributed by atoms with Crippen LogP contribution in [0.15, 0.2) is 21.6 Å². The molecular weight excluding hydrogens is 268 g/mol. The first kappa shape index (κ1) is 12.9. The smallest absolute Gasteiger partial charge is 0.371 e. The zero-order valence-corrected chi connectivity index (χ0v) is 10.6. The van der Waals surface area contributed by atoms with Crippen LogP contribution in [0.3, 0.4) is 0 Å². The van der Waals surface area contributed by atoms with E-state index in [4.69, 9.17) is 20.5 Å². The molecule has 0 atom stereocenters.